The van der Waals surface area contributed by atoms with Crippen LogP contribution in [0, 0.1) is 6.92 Å². The summed E-state index contributed by atoms with van der Waals surface area (Å²) >= 11 is 0. The minimum atomic E-state index is -3.42. The average Bonchev–Trinajstić information content (AvgIpc) is 2.55. The van der Waals surface area contributed by atoms with E-state index in [1.807, 2.05) is 0 Å². The van der Waals surface area contributed by atoms with Crippen LogP contribution in [0.15, 0.2) is 36.4 Å². The number of sulfonamides is 1. The van der Waals surface area contributed by atoms with E-state index >= 15 is 0 Å². The second-order valence-electron chi connectivity index (χ2n) is 5.72. The summed E-state index contributed by atoms with van der Waals surface area (Å²) in [4.78, 5) is 12.5. The number of hydrogen-bond donors (Lipinski definition) is 2. The van der Waals surface area contributed by atoms with Crippen molar-refractivity contribution in [2.24, 2.45) is 0 Å². The maximum absolute atomic E-state index is 12.5. The van der Waals surface area contributed by atoms with E-state index < -0.39 is 10.0 Å². The van der Waals surface area contributed by atoms with Crippen molar-refractivity contribution in [3.05, 3.63) is 47.5 Å². The molecule has 0 bridgehead atoms. The molecule has 0 aliphatic carbocycles. The fourth-order valence-corrected chi connectivity index (χ4v) is 3.02. The maximum Gasteiger partial charge on any atom is 0.255 e. The lowest BCUT2D eigenvalue weighted by Gasteiger charge is -2.19. The van der Waals surface area contributed by atoms with Crippen molar-refractivity contribution in [1.29, 1.82) is 0 Å². The number of rotatable bonds is 4. The van der Waals surface area contributed by atoms with Gasteiger partial charge in [0.05, 0.1) is 11.9 Å². The van der Waals surface area contributed by atoms with E-state index in [0.29, 0.717) is 41.7 Å². The Morgan fingerprint density at radius 3 is 2.48 bits per heavy atom. The first-order chi connectivity index (χ1) is 11.8. The van der Waals surface area contributed by atoms with Gasteiger partial charge in [0.25, 0.3) is 5.91 Å². The summed E-state index contributed by atoms with van der Waals surface area (Å²) in [7, 11) is -3.42. The number of benzene rings is 2. The second kappa shape index (κ2) is 6.64. The maximum atomic E-state index is 12.5. The summed E-state index contributed by atoms with van der Waals surface area (Å²) in [6, 6.07) is 9.97. The minimum Gasteiger partial charge on any atom is -0.486 e. The van der Waals surface area contributed by atoms with Gasteiger partial charge in [-0.05, 0) is 36.8 Å². The normalized spacial score (nSPS) is 13.2. The summed E-state index contributed by atoms with van der Waals surface area (Å²) in [5.41, 5.74) is 2.00. The first-order valence-electron chi connectivity index (χ1n) is 7.61. The lowest BCUT2D eigenvalue weighted by atomic mass is 10.1. The molecule has 0 saturated carbocycles. The molecule has 2 aromatic rings. The van der Waals surface area contributed by atoms with Crippen LogP contribution in [0.5, 0.6) is 11.5 Å². The standard InChI is InChI=1S/C17H18N2O5S/c1-11-3-4-12(9-14(11)19-25(2,21)22)17(20)18-13-5-6-15-16(10-13)24-8-7-23-15/h3-6,9-10,19H,7-8H2,1-2H3,(H,18,20). The Labute approximate surface area is 146 Å². The van der Waals surface area contributed by atoms with E-state index in [4.69, 9.17) is 9.47 Å². The molecule has 132 valence electrons. The largest absolute Gasteiger partial charge is 0.486 e. The molecule has 1 aliphatic rings. The van der Waals surface area contributed by atoms with Crippen LogP contribution in [-0.2, 0) is 10.0 Å². The molecule has 3 rings (SSSR count). The third-order valence-electron chi connectivity index (χ3n) is 3.60. The first-order valence-corrected chi connectivity index (χ1v) is 9.50. The highest BCUT2D eigenvalue weighted by molar-refractivity contribution is 7.92. The van der Waals surface area contributed by atoms with Gasteiger partial charge in [0.2, 0.25) is 10.0 Å². The second-order valence-corrected chi connectivity index (χ2v) is 7.46. The molecule has 0 aromatic heterocycles. The zero-order valence-corrected chi connectivity index (χ0v) is 14.6. The number of aryl methyl sites for hydroxylation is 1. The Morgan fingerprint density at radius 2 is 1.76 bits per heavy atom. The van der Waals surface area contributed by atoms with Gasteiger partial charge in [-0.2, -0.15) is 0 Å². The van der Waals surface area contributed by atoms with Gasteiger partial charge in [-0.3, -0.25) is 9.52 Å². The molecule has 2 N–H and O–H groups in total. The fraction of sp³-hybridized carbons (Fsp3) is 0.235. The van der Waals surface area contributed by atoms with Crippen molar-refractivity contribution in [2.45, 2.75) is 6.92 Å². The van der Waals surface area contributed by atoms with Crippen molar-refractivity contribution >= 4 is 27.3 Å². The summed E-state index contributed by atoms with van der Waals surface area (Å²) in [6.07, 6.45) is 1.06. The molecule has 0 radical (unpaired) electrons. The van der Waals surface area contributed by atoms with Crippen LogP contribution in [-0.4, -0.2) is 33.8 Å². The number of anilines is 2. The number of hydrogen-bond acceptors (Lipinski definition) is 5. The first kappa shape index (κ1) is 17.1. The summed E-state index contributed by atoms with van der Waals surface area (Å²) < 4.78 is 36.2. The van der Waals surface area contributed by atoms with Gasteiger partial charge in [-0.25, -0.2) is 8.42 Å². The number of carbonyl (C=O) groups is 1. The molecule has 0 unspecified atom stereocenters. The van der Waals surface area contributed by atoms with Crippen LogP contribution in [0.25, 0.3) is 0 Å². The van der Waals surface area contributed by atoms with E-state index in [-0.39, 0.29) is 5.91 Å². The van der Waals surface area contributed by atoms with Gasteiger partial charge in [-0.1, -0.05) is 6.07 Å². The van der Waals surface area contributed by atoms with E-state index in [2.05, 4.69) is 10.0 Å². The summed E-state index contributed by atoms with van der Waals surface area (Å²) in [6.45, 7) is 2.72. The molecular weight excluding hydrogens is 344 g/mol. The molecular formula is C17H18N2O5S. The Morgan fingerprint density at radius 1 is 1.04 bits per heavy atom. The van der Waals surface area contributed by atoms with E-state index in [9.17, 15) is 13.2 Å². The molecule has 0 saturated heterocycles. The Hall–Kier alpha value is -2.74. The van der Waals surface area contributed by atoms with Crippen LogP contribution < -0.4 is 19.5 Å². The topological polar surface area (TPSA) is 93.7 Å². The fourth-order valence-electron chi connectivity index (χ4n) is 2.40. The van der Waals surface area contributed by atoms with Crippen LogP contribution in [0.3, 0.4) is 0 Å². The Kier molecular flexibility index (Phi) is 4.54. The predicted molar refractivity (Wildman–Crippen MR) is 95.0 cm³/mol. The number of amides is 1. The highest BCUT2D eigenvalue weighted by Crippen LogP contribution is 2.32. The van der Waals surface area contributed by atoms with Crippen LogP contribution in [0.1, 0.15) is 15.9 Å². The van der Waals surface area contributed by atoms with Gasteiger partial charge >= 0.3 is 0 Å². The molecule has 8 heteroatoms. The SMILES string of the molecule is Cc1ccc(C(=O)Nc2ccc3c(c2)OCCO3)cc1NS(C)(=O)=O. The molecule has 1 aliphatic heterocycles. The molecule has 0 spiro atoms. The van der Waals surface area contributed by atoms with Crippen LogP contribution in [0.4, 0.5) is 11.4 Å². The third-order valence-corrected chi connectivity index (χ3v) is 4.19. The van der Waals surface area contributed by atoms with Crippen molar-refractivity contribution in [2.75, 3.05) is 29.5 Å². The Balaban J connectivity index is 1.80. The van der Waals surface area contributed by atoms with Gasteiger partial charge in [0.15, 0.2) is 11.5 Å². The summed E-state index contributed by atoms with van der Waals surface area (Å²) in [5.74, 6) is 0.861. The van der Waals surface area contributed by atoms with Crippen molar-refractivity contribution in [3.8, 4) is 11.5 Å². The highest BCUT2D eigenvalue weighted by Gasteiger charge is 2.14. The molecule has 25 heavy (non-hydrogen) atoms. The van der Waals surface area contributed by atoms with E-state index in [0.717, 1.165) is 11.8 Å². The molecule has 7 nitrogen and oxygen atoms in total. The number of ether oxygens (including phenoxy) is 2. The zero-order chi connectivity index (χ0) is 18.0. The third kappa shape index (κ3) is 4.21. The number of fused-ring (bicyclic) bond motifs is 1. The van der Waals surface area contributed by atoms with Crippen LogP contribution in [0.2, 0.25) is 0 Å². The molecule has 0 fully saturated rings. The Bertz CT molecular complexity index is 925. The van der Waals surface area contributed by atoms with Crippen molar-refractivity contribution in [3.63, 3.8) is 0 Å². The highest BCUT2D eigenvalue weighted by atomic mass is 32.2. The lowest BCUT2D eigenvalue weighted by molar-refractivity contribution is 0.102. The van der Waals surface area contributed by atoms with Gasteiger partial charge in [0, 0.05) is 17.3 Å². The van der Waals surface area contributed by atoms with E-state index in [1.165, 1.54) is 6.07 Å². The monoisotopic (exact) mass is 362 g/mol. The van der Waals surface area contributed by atoms with Gasteiger partial charge < -0.3 is 14.8 Å². The zero-order valence-electron chi connectivity index (χ0n) is 13.8. The smallest absolute Gasteiger partial charge is 0.255 e. The lowest BCUT2D eigenvalue weighted by Crippen LogP contribution is -2.17. The molecule has 2 aromatic carbocycles. The summed E-state index contributed by atoms with van der Waals surface area (Å²) in [5, 5.41) is 2.77. The van der Waals surface area contributed by atoms with Gasteiger partial charge in [-0.15, -0.1) is 0 Å². The molecule has 1 heterocycles. The van der Waals surface area contributed by atoms with Crippen LogP contribution >= 0.6 is 0 Å². The van der Waals surface area contributed by atoms with Crippen molar-refractivity contribution < 1.29 is 22.7 Å². The number of carbonyl (C=O) groups excluding carboxylic acids is 1. The minimum absolute atomic E-state index is 0.339. The quantitative estimate of drug-likeness (QED) is 0.871. The average molecular weight is 362 g/mol. The molecule has 1 amide bonds. The number of nitrogens with one attached hydrogen (secondary N) is 2. The van der Waals surface area contributed by atoms with Gasteiger partial charge in [0.1, 0.15) is 13.2 Å². The predicted octanol–water partition coefficient (Wildman–Crippen LogP) is 2.39. The molecule has 0 atom stereocenters. The van der Waals surface area contributed by atoms with E-state index in [1.54, 1.807) is 37.3 Å². The van der Waals surface area contributed by atoms with Crippen molar-refractivity contribution in [1.82, 2.24) is 0 Å².